The van der Waals surface area contributed by atoms with E-state index in [9.17, 15) is 4.79 Å². The molecule has 0 aliphatic heterocycles. The van der Waals surface area contributed by atoms with Crippen molar-refractivity contribution < 1.29 is 4.52 Å². The van der Waals surface area contributed by atoms with Gasteiger partial charge in [0, 0.05) is 11.4 Å². The molecule has 3 aromatic rings. The van der Waals surface area contributed by atoms with E-state index in [4.69, 9.17) is 9.51 Å². The molecule has 1 atom stereocenters. The van der Waals surface area contributed by atoms with Gasteiger partial charge >= 0.3 is 0 Å². The molecule has 0 spiro atoms. The number of fused-ring (bicyclic) bond motifs is 1. The van der Waals surface area contributed by atoms with Crippen LogP contribution in [0.3, 0.4) is 0 Å². The molecule has 126 valence electrons. The van der Waals surface area contributed by atoms with Crippen LogP contribution < -0.4 is 5.56 Å². The van der Waals surface area contributed by atoms with Gasteiger partial charge in [-0.1, -0.05) is 23.0 Å². The van der Waals surface area contributed by atoms with E-state index in [0.717, 1.165) is 15.3 Å². The Morgan fingerprint density at radius 3 is 2.75 bits per heavy atom. The average molecular weight is 362 g/mol. The zero-order valence-corrected chi connectivity index (χ0v) is 15.6. The van der Waals surface area contributed by atoms with Crippen molar-refractivity contribution in [1.29, 1.82) is 0 Å². The SMILES string of the molecule is C=CCn1c(SC(C)c2nc(C)no2)nc2sc(C)c(C)c2c1=O. The van der Waals surface area contributed by atoms with Gasteiger partial charge < -0.3 is 4.52 Å². The molecule has 0 bridgehead atoms. The largest absolute Gasteiger partial charge is 0.338 e. The second-order valence-corrected chi connectivity index (χ2v) is 8.01. The van der Waals surface area contributed by atoms with Crippen molar-refractivity contribution in [2.24, 2.45) is 0 Å². The van der Waals surface area contributed by atoms with E-state index < -0.39 is 0 Å². The lowest BCUT2D eigenvalue weighted by molar-refractivity contribution is 0.376. The van der Waals surface area contributed by atoms with Crippen molar-refractivity contribution >= 4 is 33.3 Å². The fourth-order valence-electron chi connectivity index (χ4n) is 2.38. The van der Waals surface area contributed by atoms with E-state index in [0.29, 0.717) is 28.8 Å². The normalized spacial score (nSPS) is 12.7. The van der Waals surface area contributed by atoms with Crippen molar-refractivity contribution in [3.05, 3.63) is 45.2 Å². The third-order valence-electron chi connectivity index (χ3n) is 3.74. The Bertz CT molecular complexity index is 971. The fourth-order valence-corrected chi connectivity index (χ4v) is 4.39. The molecule has 0 N–H and O–H groups in total. The van der Waals surface area contributed by atoms with Gasteiger partial charge in [-0.3, -0.25) is 9.36 Å². The molecule has 3 aromatic heterocycles. The van der Waals surface area contributed by atoms with Gasteiger partial charge in [0.2, 0.25) is 5.89 Å². The summed E-state index contributed by atoms with van der Waals surface area (Å²) in [6.45, 7) is 11.9. The van der Waals surface area contributed by atoms with Gasteiger partial charge in [0.15, 0.2) is 11.0 Å². The van der Waals surface area contributed by atoms with Gasteiger partial charge in [0.05, 0.1) is 10.6 Å². The Morgan fingerprint density at radius 1 is 1.38 bits per heavy atom. The van der Waals surface area contributed by atoms with E-state index >= 15 is 0 Å². The van der Waals surface area contributed by atoms with Gasteiger partial charge in [-0.15, -0.1) is 17.9 Å². The minimum atomic E-state index is -0.103. The molecule has 6 nitrogen and oxygen atoms in total. The molecular formula is C16H18N4O2S2. The predicted octanol–water partition coefficient (Wildman–Crippen LogP) is 3.81. The summed E-state index contributed by atoms with van der Waals surface area (Å²) in [5.74, 6) is 1.12. The highest BCUT2D eigenvalue weighted by atomic mass is 32.2. The number of rotatable bonds is 5. The number of aromatic nitrogens is 4. The molecule has 8 heteroatoms. The topological polar surface area (TPSA) is 73.8 Å². The number of allylic oxidation sites excluding steroid dienone is 1. The maximum atomic E-state index is 12.9. The van der Waals surface area contributed by atoms with E-state index in [1.165, 1.54) is 11.8 Å². The van der Waals surface area contributed by atoms with Crippen LogP contribution in [0, 0.1) is 20.8 Å². The van der Waals surface area contributed by atoms with Crippen LogP contribution in [-0.4, -0.2) is 19.7 Å². The van der Waals surface area contributed by atoms with Crippen LogP contribution in [0.25, 0.3) is 10.2 Å². The first-order valence-corrected chi connectivity index (χ1v) is 9.20. The maximum Gasteiger partial charge on any atom is 0.263 e. The lowest BCUT2D eigenvalue weighted by Crippen LogP contribution is -2.22. The van der Waals surface area contributed by atoms with Crippen molar-refractivity contribution in [3.63, 3.8) is 0 Å². The van der Waals surface area contributed by atoms with Crippen molar-refractivity contribution in [2.45, 2.75) is 44.6 Å². The van der Waals surface area contributed by atoms with Crippen LogP contribution in [0.4, 0.5) is 0 Å². The standard InChI is InChI=1S/C16H18N4O2S2/c1-6-7-20-15(21)12-8(2)9(3)23-14(12)18-16(20)24-10(4)13-17-11(5)19-22-13/h6,10H,1,7H2,2-5H3. The van der Waals surface area contributed by atoms with Crippen LogP contribution in [0.1, 0.15) is 34.3 Å². The third-order valence-corrected chi connectivity index (χ3v) is 5.92. The number of thioether (sulfide) groups is 1. The number of nitrogens with zero attached hydrogens (tertiary/aromatic N) is 4. The molecule has 24 heavy (non-hydrogen) atoms. The van der Waals surface area contributed by atoms with Crippen LogP contribution >= 0.6 is 23.1 Å². The van der Waals surface area contributed by atoms with Crippen LogP contribution in [0.2, 0.25) is 0 Å². The number of aryl methyl sites for hydroxylation is 3. The molecule has 0 aliphatic rings. The van der Waals surface area contributed by atoms with Gasteiger partial charge in [0.25, 0.3) is 5.56 Å². The highest BCUT2D eigenvalue weighted by Gasteiger charge is 2.21. The Labute approximate surface area is 147 Å². The highest BCUT2D eigenvalue weighted by Crippen LogP contribution is 2.34. The summed E-state index contributed by atoms with van der Waals surface area (Å²) >= 11 is 2.98. The Morgan fingerprint density at radius 2 is 2.12 bits per heavy atom. The van der Waals surface area contributed by atoms with Crippen molar-refractivity contribution in [2.75, 3.05) is 0 Å². The van der Waals surface area contributed by atoms with Gasteiger partial charge in [0.1, 0.15) is 4.83 Å². The van der Waals surface area contributed by atoms with Crippen molar-refractivity contribution in [1.82, 2.24) is 19.7 Å². The summed E-state index contributed by atoms with van der Waals surface area (Å²) in [5, 5.41) is 5.05. The van der Waals surface area contributed by atoms with Crippen LogP contribution in [0.15, 0.2) is 27.1 Å². The first-order valence-electron chi connectivity index (χ1n) is 7.50. The molecule has 0 saturated carbocycles. The summed E-state index contributed by atoms with van der Waals surface area (Å²) in [6.07, 6.45) is 1.70. The second kappa shape index (κ2) is 6.52. The second-order valence-electron chi connectivity index (χ2n) is 5.50. The van der Waals surface area contributed by atoms with E-state index in [1.807, 2.05) is 20.8 Å². The summed E-state index contributed by atoms with van der Waals surface area (Å²) < 4.78 is 6.88. The number of thiophene rings is 1. The Balaban J connectivity index is 2.10. The van der Waals surface area contributed by atoms with Crippen molar-refractivity contribution in [3.8, 4) is 0 Å². The van der Waals surface area contributed by atoms with Crippen LogP contribution in [0.5, 0.6) is 0 Å². The maximum absolute atomic E-state index is 12.9. The highest BCUT2D eigenvalue weighted by molar-refractivity contribution is 7.99. The smallest absolute Gasteiger partial charge is 0.263 e. The lowest BCUT2D eigenvalue weighted by atomic mass is 10.2. The number of hydrogen-bond donors (Lipinski definition) is 0. The van der Waals surface area contributed by atoms with Gasteiger partial charge in [-0.2, -0.15) is 4.98 Å². The summed E-state index contributed by atoms with van der Waals surface area (Å²) in [7, 11) is 0. The minimum Gasteiger partial charge on any atom is -0.338 e. The quantitative estimate of drug-likeness (QED) is 0.390. The summed E-state index contributed by atoms with van der Waals surface area (Å²) in [5.41, 5.74) is 0.973. The molecule has 3 heterocycles. The predicted molar refractivity (Wildman–Crippen MR) is 96.9 cm³/mol. The summed E-state index contributed by atoms with van der Waals surface area (Å²) in [6, 6.07) is 0. The molecule has 3 rings (SSSR count). The zero-order chi connectivity index (χ0) is 17.4. The molecule has 1 unspecified atom stereocenters. The monoisotopic (exact) mass is 362 g/mol. The van der Waals surface area contributed by atoms with E-state index in [1.54, 1.807) is 28.9 Å². The molecule has 0 amide bonds. The van der Waals surface area contributed by atoms with E-state index in [-0.39, 0.29) is 10.8 Å². The number of hydrogen-bond acceptors (Lipinski definition) is 7. The Kier molecular flexibility index (Phi) is 4.60. The molecule has 0 aromatic carbocycles. The average Bonchev–Trinajstić information content (AvgIpc) is 3.08. The molecule has 0 radical (unpaired) electrons. The molecule has 0 saturated heterocycles. The fraction of sp³-hybridized carbons (Fsp3) is 0.375. The zero-order valence-electron chi connectivity index (χ0n) is 14.0. The Hall–Kier alpha value is -1.93. The molecule has 0 fully saturated rings. The summed E-state index contributed by atoms with van der Waals surface area (Å²) in [4.78, 5) is 23.8. The van der Waals surface area contributed by atoms with Gasteiger partial charge in [-0.25, -0.2) is 4.98 Å². The van der Waals surface area contributed by atoms with Crippen LogP contribution in [-0.2, 0) is 6.54 Å². The van der Waals surface area contributed by atoms with Gasteiger partial charge in [-0.05, 0) is 33.3 Å². The first kappa shape index (κ1) is 16.9. The van der Waals surface area contributed by atoms with E-state index in [2.05, 4.69) is 16.7 Å². The lowest BCUT2D eigenvalue weighted by Gasteiger charge is -2.12. The molecular weight excluding hydrogens is 344 g/mol. The minimum absolute atomic E-state index is 0.0295. The molecule has 0 aliphatic carbocycles. The first-order chi connectivity index (χ1) is 11.4. The third kappa shape index (κ3) is 2.91.